The first-order chi connectivity index (χ1) is 15.5. The summed E-state index contributed by atoms with van der Waals surface area (Å²) < 4.78 is 39.2. The summed E-state index contributed by atoms with van der Waals surface area (Å²) in [5.74, 6) is -0.913. The molecule has 0 saturated heterocycles. The predicted molar refractivity (Wildman–Crippen MR) is 117 cm³/mol. The molecule has 1 atom stereocenters. The van der Waals surface area contributed by atoms with Crippen LogP contribution in [0.4, 0.5) is 13.2 Å². The third kappa shape index (κ3) is 5.21. The third-order valence-corrected chi connectivity index (χ3v) is 6.61. The number of amides is 1. The van der Waals surface area contributed by atoms with Gasteiger partial charge in [0.05, 0.1) is 5.56 Å². The van der Waals surface area contributed by atoms with Gasteiger partial charge in [0.25, 0.3) is 5.91 Å². The van der Waals surface area contributed by atoms with E-state index in [2.05, 4.69) is 0 Å². The molecule has 1 amide bonds. The molecule has 5 nitrogen and oxygen atoms in total. The summed E-state index contributed by atoms with van der Waals surface area (Å²) in [6.45, 7) is 3.04. The Morgan fingerprint density at radius 3 is 1.91 bits per heavy atom. The van der Waals surface area contributed by atoms with Crippen molar-refractivity contribution in [1.29, 1.82) is 0 Å². The molecule has 0 heterocycles. The molecule has 0 spiro atoms. The van der Waals surface area contributed by atoms with Crippen molar-refractivity contribution in [3.8, 4) is 0 Å². The van der Waals surface area contributed by atoms with Gasteiger partial charge < -0.3 is 15.1 Å². The SMILES string of the molecule is CCN(C(=O)c1ccc([C@](C)(O)C(F)(F)F)cc1)[C@H]1CC[C@H](c2ccc(C(=O)O)cc2)CC1. The van der Waals surface area contributed by atoms with Gasteiger partial charge in [-0.15, -0.1) is 0 Å². The molecular formula is C25H28F3NO4. The van der Waals surface area contributed by atoms with Crippen LogP contribution in [0.2, 0.25) is 0 Å². The zero-order valence-electron chi connectivity index (χ0n) is 18.6. The Hall–Kier alpha value is -2.87. The van der Waals surface area contributed by atoms with Crippen LogP contribution in [-0.2, 0) is 5.60 Å². The van der Waals surface area contributed by atoms with E-state index in [1.807, 2.05) is 19.1 Å². The number of aromatic carboxylic acids is 1. The van der Waals surface area contributed by atoms with Gasteiger partial charge in [-0.1, -0.05) is 24.3 Å². The van der Waals surface area contributed by atoms with Crippen molar-refractivity contribution in [3.63, 3.8) is 0 Å². The first kappa shape index (κ1) is 24.8. The Kier molecular flexibility index (Phi) is 7.17. The van der Waals surface area contributed by atoms with E-state index < -0.39 is 17.7 Å². The number of alkyl halides is 3. The minimum absolute atomic E-state index is 0.0232. The van der Waals surface area contributed by atoms with E-state index in [0.29, 0.717) is 19.4 Å². The van der Waals surface area contributed by atoms with Crippen molar-refractivity contribution in [2.45, 2.75) is 63.3 Å². The van der Waals surface area contributed by atoms with Gasteiger partial charge in [0, 0.05) is 18.2 Å². The molecule has 33 heavy (non-hydrogen) atoms. The van der Waals surface area contributed by atoms with Gasteiger partial charge in [0.1, 0.15) is 0 Å². The molecule has 178 valence electrons. The zero-order valence-corrected chi connectivity index (χ0v) is 18.6. The number of aliphatic hydroxyl groups is 1. The van der Waals surface area contributed by atoms with Gasteiger partial charge in [-0.3, -0.25) is 4.79 Å². The quantitative estimate of drug-likeness (QED) is 0.606. The van der Waals surface area contributed by atoms with Crippen molar-refractivity contribution >= 4 is 11.9 Å². The summed E-state index contributed by atoms with van der Waals surface area (Å²) >= 11 is 0. The first-order valence-electron chi connectivity index (χ1n) is 11.0. The Labute approximate surface area is 190 Å². The van der Waals surface area contributed by atoms with Crippen molar-refractivity contribution in [2.75, 3.05) is 6.54 Å². The fraction of sp³-hybridized carbons (Fsp3) is 0.440. The van der Waals surface area contributed by atoms with Crippen LogP contribution < -0.4 is 0 Å². The van der Waals surface area contributed by atoms with Crippen LogP contribution in [0, 0.1) is 0 Å². The molecule has 0 unspecified atom stereocenters. The third-order valence-electron chi connectivity index (χ3n) is 6.61. The topological polar surface area (TPSA) is 77.8 Å². The molecule has 2 aromatic rings. The molecule has 3 rings (SSSR count). The average molecular weight is 463 g/mol. The summed E-state index contributed by atoms with van der Waals surface area (Å²) in [5, 5.41) is 18.9. The van der Waals surface area contributed by atoms with Crippen LogP contribution in [0.3, 0.4) is 0 Å². The monoisotopic (exact) mass is 463 g/mol. The van der Waals surface area contributed by atoms with Crippen molar-refractivity contribution in [1.82, 2.24) is 4.90 Å². The summed E-state index contributed by atoms with van der Waals surface area (Å²) in [4.78, 5) is 25.9. The number of hydrogen-bond donors (Lipinski definition) is 2. The standard InChI is InChI=1S/C25H28F3NO4/c1-3-29(22(30)18-8-12-20(13-9-18)24(2,33)25(26,27)28)21-14-10-17(11-15-21)16-4-6-19(7-5-16)23(31)32/h4-9,12-13,17,21,33H,3,10-11,14-15H2,1-2H3,(H,31,32)/t17-,21-,24-/m0/s1. The maximum absolute atomic E-state index is 13.1. The van der Waals surface area contributed by atoms with Crippen molar-refractivity contribution in [3.05, 3.63) is 70.8 Å². The fourth-order valence-corrected chi connectivity index (χ4v) is 4.45. The number of benzene rings is 2. The second kappa shape index (κ2) is 9.55. The Morgan fingerprint density at radius 1 is 0.939 bits per heavy atom. The second-order valence-corrected chi connectivity index (χ2v) is 8.67. The first-order valence-corrected chi connectivity index (χ1v) is 11.0. The molecule has 1 aliphatic rings. The molecule has 0 aromatic heterocycles. The molecule has 0 bridgehead atoms. The Morgan fingerprint density at radius 2 is 1.45 bits per heavy atom. The fourth-order valence-electron chi connectivity index (χ4n) is 4.45. The zero-order chi connectivity index (χ0) is 24.4. The number of rotatable bonds is 6. The van der Waals surface area contributed by atoms with Crippen LogP contribution in [-0.4, -0.2) is 45.8 Å². The minimum Gasteiger partial charge on any atom is -0.478 e. The van der Waals surface area contributed by atoms with E-state index in [-0.39, 0.29) is 28.6 Å². The molecule has 8 heteroatoms. The highest BCUT2D eigenvalue weighted by atomic mass is 19.4. The molecule has 1 fully saturated rings. The Bertz CT molecular complexity index is 976. The second-order valence-electron chi connectivity index (χ2n) is 8.67. The lowest BCUT2D eigenvalue weighted by Crippen LogP contribution is -2.42. The number of hydrogen-bond acceptors (Lipinski definition) is 3. The summed E-state index contributed by atoms with van der Waals surface area (Å²) in [6.07, 6.45) is -1.54. The molecule has 1 saturated carbocycles. The van der Waals surface area contributed by atoms with E-state index in [1.165, 1.54) is 12.1 Å². The van der Waals surface area contributed by atoms with Crippen molar-refractivity contribution < 1.29 is 33.0 Å². The lowest BCUT2D eigenvalue weighted by atomic mass is 9.81. The highest BCUT2D eigenvalue weighted by molar-refractivity contribution is 5.94. The highest BCUT2D eigenvalue weighted by Crippen LogP contribution is 2.39. The number of nitrogens with zero attached hydrogens (tertiary/aromatic N) is 1. The predicted octanol–water partition coefficient (Wildman–Crippen LogP) is 5.34. The number of carbonyl (C=O) groups is 2. The summed E-state index contributed by atoms with van der Waals surface area (Å²) in [7, 11) is 0. The molecule has 0 radical (unpaired) electrons. The number of halogens is 3. The number of carboxylic acids is 1. The average Bonchev–Trinajstić information content (AvgIpc) is 2.79. The molecule has 1 aliphatic carbocycles. The minimum atomic E-state index is -4.82. The number of carboxylic acid groups (broad SMARTS) is 1. The summed E-state index contributed by atoms with van der Waals surface area (Å²) in [5.41, 5.74) is -1.69. The van der Waals surface area contributed by atoms with Gasteiger partial charge in [-0.05, 0) is 80.8 Å². The maximum atomic E-state index is 13.1. The normalized spacial score (nSPS) is 20.7. The van der Waals surface area contributed by atoms with E-state index in [9.17, 15) is 27.9 Å². The van der Waals surface area contributed by atoms with Gasteiger partial charge in [0.15, 0.2) is 5.60 Å². The molecule has 2 aromatic carbocycles. The molecule has 2 N–H and O–H groups in total. The lowest BCUT2D eigenvalue weighted by Gasteiger charge is -2.37. The molecular weight excluding hydrogens is 435 g/mol. The van der Waals surface area contributed by atoms with Crippen LogP contribution in [0.15, 0.2) is 48.5 Å². The summed E-state index contributed by atoms with van der Waals surface area (Å²) in [6, 6.07) is 11.9. The number of carbonyl (C=O) groups excluding carboxylic acids is 1. The van der Waals surface area contributed by atoms with E-state index in [0.717, 1.165) is 43.4 Å². The van der Waals surface area contributed by atoms with Crippen LogP contribution >= 0.6 is 0 Å². The Balaban J connectivity index is 1.66. The highest BCUT2D eigenvalue weighted by Gasteiger charge is 2.51. The van der Waals surface area contributed by atoms with Gasteiger partial charge in [-0.2, -0.15) is 13.2 Å². The van der Waals surface area contributed by atoms with Crippen LogP contribution in [0.1, 0.15) is 77.3 Å². The van der Waals surface area contributed by atoms with Gasteiger partial charge >= 0.3 is 12.1 Å². The molecule has 0 aliphatic heterocycles. The van der Waals surface area contributed by atoms with Crippen LogP contribution in [0.25, 0.3) is 0 Å². The smallest absolute Gasteiger partial charge is 0.421 e. The largest absolute Gasteiger partial charge is 0.478 e. The maximum Gasteiger partial charge on any atom is 0.421 e. The van der Waals surface area contributed by atoms with Crippen molar-refractivity contribution in [2.24, 2.45) is 0 Å². The van der Waals surface area contributed by atoms with Gasteiger partial charge in [0.2, 0.25) is 0 Å². The van der Waals surface area contributed by atoms with E-state index in [4.69, 9.17) is 5.11 Å². The lowest BCUT2D eigenvalue weighted by molar-refractivity contribution is -0.258. The van der Waals surface area contributed by atoms with E-state index >= 15 is 0 Å². The van der Waals surface area contributed by atoms with Crippen LogP contribution in [0.5, 0.6) is 0 Å². The van der Waals surface area contributed by atoms with E-state index in [1.54, 1.807) is 17.0 Å². The van der Waals surface area contributed by atoms with Gasteiger partial charge in [-0.25, -0.2) is 4.79 Å².